The van der Waals surface area contributed by atoms with Crippen molar-refractivity contribution in [3.05, 3.63) is 113 Å². The molecule has 0 saturated carbocycles. The van der Waals surface area contributed by atoms with Gasteiger partial charge in [0.2, 0.25) is 5.43 Å². The van der Waals surface area contributed by atoms with Crippen molar-refractivity contribution in [2.45, 2.75) is 56.4 Å². The van der Waals surface area contributed by atoms with E-state index in [0.717, 1.165) is 42.5 Å². The van der Waals surface area contributed by atoms with Crippen LogP contribution in [-0.2, 0) is 8.98 Å². The SMILES string of the molecule is O=C(OS(c1ccccc1)(c1ccccc1)c1ccc2oc3ccccc3c(=O)c2c1)C(F)(F)C(F)(F)C(F)(F)C(F)(F)C(F)(F)C(F)(F)C(F)(F)F. The number of halogens is 15. The van der Waals surface area contributed by atoms with Gasteiger partial charge in [-0.05, 0) is 64.9 Å². The van der Waals surface area contributed by atoms with Gasteiger partial charge in [0.1, 0.15) is 11.2 Å². The van der Waals surface area contributed by atoms with Crippen LogP contribution in [0.3, 0.4) is 0 Å². The van der Waals surface area contributed by atoms with E-state index in [1.807, 2.05) is 0 Å². The van der Waals surface area contributed by atoms with Crippen LogP contribution < -0.4 is 5.43 Å². The van der Waals surface area contributed by atoms with Gasteiger partial charge >= 0.3 is 47.7 Å². The summed E-state index contributed by atoms with van der Waals surface area (Å²) < 4.78 is 221. The fourth-order valence-electron chi connectivity index (χ4n) is 5.00. The van der Waals surface area contributed by atoms with Gasteiger partial charge in [-0.1, -0.05) is 48.5 Å². The number of benzene rings is 4. The van der Waals surface area contributed by atoms with E-state index >= 15 is 8.78 Å². The minimum absolute atomic E-state index is 0.0450. The average molecular weight is 795 g/mol. The van der Waals surface area contributed by atoms with Crippen LogP contribution in [-0.4, -0.2) is 47.7 Å². The third-order valence-electron chi connectivity index (χ3n) is 7.81. The lowest BCUT2D eigenvalue weighted by atomic mass is 9.91. The Morgan fingerprint density at radius 1 is 0.491 bits per heavy atom. The molecule has 0 atom stereocenters. The van der Waals surface area contributed by atoms with E-state index in [-0.39, 0.29) is 21.9 Å². The second-order valence-electron chi connectivity index (χ2n) is 11.1. The van der Waals surface area contributed by atoms with E-state index in [4.69, 9.17) is 8.60 Å². The second kappa shape index (κ2) is 12.6. The van der Waals surface area contributed by atoms with E-state index in [9.17, 15) is 66.7 Å². The second-order valence-corrected chi connectivity index (χ2v) is 13.8. The number of hydrogen-bond acceptors (Lipinski definition) is 4. The van der Waals surface area contributed by atoms with Gasteiger partial charge in [0.05, 0.1) is 10.8 Å². The number of para-hydroxylation sites is 1. The van der Waals surface area contributed by atoms with Gasteiger partial charge in [0.15, 0.2) is 0 Å². The fourth-order valence-corrected chi connectivity index (χ4v) is 8.06. The Labute approximate surface area is 287 Å². The first-order chi connectivity index (χ1) is 24.3. The Balaban J connectivity index is 1.73. The number of fused-ring (bicyclic) bond motifs is 2. The number of rotatable bonds is 10. The van der Waals surface area contributed by atoms with E-state index in [1.165, 1.54) is 60.7 Å². The van der Waals surface area contributed by atoms with Crippen LogP contribution in [0.25, 0.3) is 21.9 Å². The summed E-state index contributed by atoms with van der Waals surface area (Å²) in [7, 11) is -4.38. The molecule has 20 heteroatoms. The van der Waals surface area contributed by atoms with Gasteiger partial charge in [-0.2, -0.15) is 65.9 Å². The van der Waals surface area contributed by atoms with Crippen LogP contribution in [0.1, 0.15) is 0 Å². The molecule has 0 saturated heterocycles. The zero-order valence-electron chi connectivity index (χ0n) is 25.5. The van der Waals surface area contributed by atoms with Crippen LogP contribution in [0, 0.1) is 0 Å². The maximum Gasteiger partial charge on any atom is 0.460 e. The molecule has 0 aliphatic rings. The molecular formula is C33H17F15O4S. The minimum atomic E-state index is -8.61. The third-order valence-corrected chi connectivity index (χ3v) is 11.0. The zero-order valence-corrected chi connectivity index (χ0v) is 26.3. The van der Waals surface area contributed by atoms with E-state index in [1.54, 1.807) is 0 Å². The molecule has 0 radical (unpaired) electrons. The largest absolute Gasteiger partial charge is 0.460 e. The van der Waals surface area contributed by atoms with Crippen LogP contribution >= 0.6 is 10.3 Å². The number of alkyl halides is 15. The number of hydrogen-bond donors (Lipinski definition) is 0. The third kappa shape index (κ3) is 5.67. The zero-order chi connectivity index (χ0) is 39.6. The van der Waals surface area contributed by atoms with E-state index in [0.29, 0.717) is 0 Å². The maximum absolute atomic E-state index is 15.4. The molecule has 0 amide bonds. The van der Waals surface area contributed by atoms with Crippen LogP contribution in [0.4, 0.5) is 65.9 Å². The van der Waals surface area contributed by atoms with Crippen LogP contribution in [0.15, 0.2) is 127 Å². The maximum atomic E-state index is 15.4. The molecule has 284 valence electrons. The van der Waals surface area contributed by atoms with Crippen LogP contribution in [0.5, 0.6) is 0 Å². The van der Waals surface area contributed by atoms with E-state index in [2.05, 4.69) is 0 Å². The number of carbonyl (C=O) groups excluding carboxylic acids is 1. The summed E-state index contributed by atoms with van der Waals surface area (Å²) >= 11 is 0. The molecule has 1 aromatic heterocycles. The molecule has 0 N–H and O–H groups in total. The summed E-state index contributed by atoms with van der Waals surface area (Å²) in [5.41, 5.74) is -0.889. The predicted octanol–water partition coefficient (Wildman–Crippen LogP) is 11.1. The van der Waals surface area contributed by atoms with Crippen LogP contribution in [0.2, 0.25) is 0 Å². The molecule has 0 fully saturated rings. The predicted molar refractivity (Wildman–Crippen MR) is 157 cm³/mol. The van der Waals surface area contributed by atoms with Gasteiger partial charge in [-0.25, -0.2) is 4.79 Å². The monoisotopic (exact) mass is 794 g/mol. The highest BCUT2D eigenvalue weighted by Crippen LogP contribution is 2.71. The molecule has 4 aromatic carbocycles. The summed E-state index contributed by atoms with van der Waals surface area (Å²) in [4.78, 5) is 25.3. The lowest BCUT2D eigenvalue weighted by molar-refractivity contribution is -0.450. The average Bonchev–Trinajstić information content (AvgIpc) is 3.10. The Kier molecular flexibility index (Phi) is 9.36. The minimum Gasteiger partial charge on any atom is -0.456 e. The molecule has 0 aliphatic heterocycles. The molecule has 0 spiro atoms. The first-order valence-electron chi connectivity index (χ1n) is 14.3. The smallest absolute Gasteiger partial charge is 0.456 e. The first kappa shape index (κ1) is 39.3. The summed E-state index contributed by atoms with van der Waals surface area (Å²) in [6.45, 7) is 0. The summed E-state index contributed by atoms with van der Waals surface area (Å²) in [5.74, 6) is -53.2. The Morgan fingerprint density at radius 2 is 0.925 bits per heavy atom. The van der Waals surface area contributed by atoms with Crippen molar-refractivity contribution in [2.24, 2.45) is 0 Å². The Bertz CT molecular complexity index is 2180. The highest BCUT2D eigenvalue weighted by Gasteiger charge is 2.94. The lowest BCUT2D eigenvalue weighted by Gasteiger charge is -2.43. The molecule has 5 rings (SSSR count). The Hall–Kier alpha value is -4.88. The van der Waals surface area contributed by atoms with Crippen molar-refractivity contribution in [3.8, 4) is 0 Å². The first-order valence-corrected chi connectivity index (χ1v) is 15.8. The highest BCUT2D eigenvalue weighted by molar-refractivity contribution is 8.30. The molecule has 0 unspecified atom stereocenters. The topological polar surface area (TPSA) is 56.5 Å². The number of carbonyl (C=O) groups is 1. The molecule has 1 heterocycles. The van der Waals surface area contributed by atoms with Gasteiger partial charge in [-0.3, -0.25) is 4.79 Å². The Morgan fingerprint density at radius 3 is 1.43 bits per heavy atom. The standard InChI is InChI=1S/C33H17F15O4S/c34-27(35,28(36,37)29(38,39)30(40,41)31(42,43)32(44,45)33(46,47)48)26(50)52-53(18-9-3-1-4-10-18,19-11-5-2-6-12-19)20-15-16-24-22(17-20)25(49)21-13-7-8-14-23(21)51-24/h1-17H. The summed E-state index contributed by atoms with van der Waals surface area (Å²) in [6, 6.07) is 20.1. The normalized spacial score (nSPS) is 14.4. The molecule has 53 heavy (non-hydrogen) atoms. The quantitative estimate of drug-likeness (QED) is 0.104. The summed E-state index contributed by atoms with van der Waals surface area (Å²) in [6.07, 6.45) is -7.79. The van der Waals surface area contributed by atoms with E-state index < -0.39 is 78.1 Å². The summed E-state index contributed by atoms with van der Waals surface area (Å²) in [5, 5.41) is -0.395. The fraction of sp³-hybridized carbons (Fsp3) is 0.212. The lowest BCUT2D eigenvalue weighted by Crippen LogP contribution is -2.73. The molecule has 4 nitrogen and oxygen atoms in total. The van der Waals surface area contributed by atoms with Gasteiger partial charge in [0.25, 0.3) is 0 Å². The molecule has 0 bridgehead atoms. The van der Waals surface area contributed by atoms with Gasteiger partial charge < -0.3 is 8.60 Å². The van der Waals surface area contributed by atoms with Gasteiger partial charge in [0, 0.05) is 14.7 Å². The molecule has 5 aromatic rings. The molecule has 0 aliphatic carbocycles. The van der Waals surface area contributed by atoms with Crippen molar-refractivity contribution in [1.29, 1.82) is 0 Å². The highest BCUT2D eigenvalue weighted by atomic mass is 32.3. The van der Waals surface area contributed by atoms with Crippen molar-refractivity contribution < 1.29 is 79.3 Å². The van der Waals surface area contributed by atoms with Crippen molar-refractivity contribution in [1.82, 2.24) is 0 Å². The van der Waals surface area contributed by atoms with Gasteiger partial charge in [-0.15, -0.1) is 0 Å². The van der Waals surface area contributed by atoms with Crippen molar-refractivity contribution in [3.63, 3.8) is 0 Å². The molecular weight excluding hydrogens is 777 g/mol. The van der Waals surface area contributed by atoms with Crippen molar-refractivity contribution in [2.75, 3.05) is 0 Å². The van der Waals surface area contributed by atoms with Crippen molar-refractivity contribution >= 4 is 38.2 Å².